The molecule has 0 unspecified atom stereocenters. The Bertz CT molecular complexity index is 1070. The lowest BCUT2D eigenvalue weighted by molar-refractivity contribution is 0.401. The number of hydrogen-bond donors (Lipinski definition) is 1. The first kappa shape index (κ1) is 20.8. The molecule has 7 nitrogen and oxygen atoms in total. The number of nitrogens with one attached hydrogen (secondary N) is 1. The molecule has 0 saturated carbocycles. The van der Waals surface area contributed by atoms with Crippen LogP contribution in [-0.2, 0) is 26.2 Å². The fraction of sp³-hybridized carbons (Fsp3) is 0.421. The molecule has 2 atom stereocenters. The third-order valence-corrected chi connectivity index (χ3v) is 9.25. The van der Waals surface area contributed by atoms with Crippen LogP contribution in [0.1, 0.15) is 16.7 Å². The van der Waals surface area contributed by atoms with Crippen molar-refractivity contribution < 1.29 is 21.6 Å². The maximum Gasteiger partial charge on any atom is 0.187 e. The van der Waals surface area contributed by atoms with Crippen LogP contribution in [0.2, 0.25) is 0 Å². The summed E-state index contributed by atoms with van der Waals surface area (Å²) in [6.07, 6.45) is 3.30. The van der Waals surface area contributed by atoms with Gasteiger partial charge >= 0.3 is 0 Å². The third-order valence-electron chi connectivity index (χ3n) is 5.08. The van der Waals surface area contributed by atoms with Crippen molar-refractivity contribution in [1.29, 1.82) is 0 Å². The van der Waals surface area contributed by atoms with Gasteiger partial charge in [-0.05, 0) is 48.7 Å². The summed E-state index contributed by atoms with van der Waals surface area (Å²) >= 11 is 0. The van der Waals surface area contributed by atoms with Gasteiger partial charge in [0, 0.05) is 25.0 Å². The van der Waals surface area contributed by atoms with Crippen LogP contribution < -0.4 is 10.1 Å². The van der Waals surface area contributed by atoms with E-state index in [9.17, 15) is 16.8 Å². The van der Waals surface area contributed by atoms with Crippen molar-refractivity contribution in [3.63, 3.8) is 0 Å². The molecule has 0 radical (unpaired) electrons. The second-order valence-electron chi connectivity index (χ2n) is 7.10. The number of nitrogens with zero attached hydrogens (tertiary/aromatic N) is 1. The van der Waals surface area contributed by atoms with Gasteiger partial charge in [-0.1, -0.05) is 6.07 Å². The van der Waals surface area contributed by atoms with Crippen molar-refractivity contribution in [2.45, 2.75) is 36.6 Å². The van der Waals surface area contributed by atoms with Crippen molar-refractivity contribution in [3.8, 4) is 5.75 Å². The highest BCUT2D eigenvalue weighted by atomic mass is 32.2. The van der Waals surface area contributed by atoms with E-state index in [0.717, 1.165) is 16.7 Å². The molecule has 2 heterocycles. The number of ether oxygens (including phenoxy) is 1. The monoisotopic (exact) mass is 424 g/mol. The Kier molecular flexibility index (Phi) is 5.79. The summed E-state index contributed by atoms with van der Waals surface area (Å²) in [6, 6.07) is 6.15. The number of sulfone groups is 2. The van der Waals surface area contributed by atoms with Gasteiger partial charge in [0.25, 0.3) is 0 Å². The SMILES string of the molecule is COc1cc(C)c(C)cc1S(=O)(=O)[C@H]1CS(=O)(=O)C[C@@H]1NCc1cccnc1. The first-order valence-corrected chi connectivity index (χ1v) is 12.2. The number of pyridine rings is 1. The standard InChI is InChI=1S/C19H24N2O5S2/c1-13-7-17(26-3)18(8-14(13)2)28(24,25)19-12-27(22,23)11-16(19)21-10-15-5-4-6-20-9-15/h4-9,16,19,21H,10-12H2,1-3H3/t16-,19-/m0/s1. The lowest BCUT2D eigenvalue weighted by atomic mass is 10.1. The quantitative estimate of drug-likeness (QED) is 0.748. The van der Waals surface area contributed by atoms with Gasteiger partial charge in [-0.25, -0.2) is 16.8 Å². The minimum atomic E-state index is -3.93. The topological polar surface area (TPSA) is 102 Å². The van der Waals surface area contributed by atoms with E-state index in [0.29, 0.717) is 6.54 Å². The van der Waals surface area contributed by atoms with Crippen LogP contribution in [0.3, 0.4) is 0 Å². The molecule has 1 aromatic heterocycles. The molecule has 9 heteroatoms. The van der Waals surface area contributed by atoms with Crippen molar-refractivity contribution >= 4 is 19.7 Å². The Balaban J connectivity index is 1.95. The Hall–Kier alpha value is -1.97. The van der Waals surface area contributed by atoms with Crippen LogP contribution in [0, 0.1) is 13.8 Å². The van der Waals surface area contributed by atoms with Crippen LogP contribution in [0.5, 0.6) is 5.75 Å². The third kappa shape index (κ3) is 4.21. The molecule has 1 saturated heterocycles. The summed E-state index contributed by atoms with van der Waals surface area (Å²) in [5.41, 5.74) is 2.56. The summed E-state index contributed by atoms with van der Waals surface area (Å²) in [4.78, 5) is 4.06. The molecule has 1 fully saturated rings. The van der Waals surface area contributed by atoms with E-state index >= 15 is 0 Å². The van der Waals surface area contributed by atoms with Gasteiger partial charge in [-0.2, -0.15) is 0 Å². The lowest BCUT2D eigenvalue weighted by Crippen LogP contribution is -2.43. The number of aromatic nitrogens is 1. The van der Waals surface area contributed by atoms with Crippen LogP contribution >= 0.6 is 0 Å². The molecule has 1 aliphatic heterocycles. The summed E-state index contributed by atoms with van der Waals surface area (Å²) in [5, 5.41) is 2.03. The zero-order valence-electron chi connectivity index (χ0n) is 16.0. The molecule has 0 amide bonds. The lowest BCUT2D eigenvalue weighted by Gasteiger charge is -2.21. The van der Waals surface area contributed by atoms with Gasteiger partial charge in [0.2, 0.25) is 0 Å². The van der Waals surface area contributed by atoms with Crippen LogP contribution in [0.15, 0.2) is 41.6 Å². The summed E-state index contributed by atoms with van der Waals surface area (Å²) in [6.45, 7) is 4.02. The Morgan fingerprint density at radius 1 is 1.21 bits per heavy atom. The average Bonchev–Trinajstić information content (AvgIpc) is 2.98. The molecule has 3 rings (SSSR count). The average molecular weight is 425 g/mol. The molecular formula is C19H24N2O5S2. The minimum Gasteiger partial charge on any atom is -0.495 e. The van der Waals surface area contributed by atoms with Crippen molar-refractivity contribution in [2.24, 2.45) is 0 Å². The normalized spacial score (nSPS) is 21.5. The molecule has 1 aliphatic rings. The van der Waals surface area contributed by atoms with E-state index in [1.807, 2.05) is 19.9 Å². The second-order valence-corrected chi connectivity index (χ2v) is 11.4. The van der Waals surface area contributed by atoms with Gasteiger partial charge in [0.1, 0.15) is 10.6 Å². The molecule has 1 aromatic carbocycles. The van der Waals surface area contributed by atoms with E-state index in [4.69, 9.17) is 4.74 Å². The van der Waals surface area contributed by atoms with Gasteiger partial charge in [-0.3, -0.25) is 4.98 Å². The molecule has 0 aliphatic carbocycles. The smallest absolute Gasteiger partial charge is 0.187 e. The number of methoxy groups -OCH3 is 1. The highest BCUT2D eigenvalue weighted by Crippen LogP contribution is 2.33. The van der Waals surface area contributed by atoms with Crippen LogP contribution in [-0.4, -0.2) is 51.7 Å². The maximum absolute atomic E-state index is 13.4. The van der Waals surface area contributed by atoms with Crippen molar-refractivity contribution in [3.05, 3.63) is 53.3 Å². The minimum absolute atomic E-state index is 0.0355. The van der Waals surface area contributed by atoms with E-state index in [-0.39, 0.29) is 16.4 Å². The van der Waals surface area contributed by atoms with Crippen LogP contribution in [0.4, 0.5) is 0 Å². The molecule has 28 heavy (non-hydrogen) atoms. The van der Waals surface area contributed by atoms with Gasteiger partial charge in [0.05, 0.1) is 23.9 Å². The largest absolute Gasteiger partial charge is 0.495 e. The Morgan fingerprint density at radius 3 is 2.57 bits per heavy atom. The number of aryl methyl sites for hydroxylation is 2. The summed E-state index contributed by atoms with van der Waals surface area (Å²) in [5.74, 6) is -0.390. The number of rotatable bonds is 6. The highest BCUT2D eigenvalue weighted by Gasteiger charge is 2.46. The van der Waals surface area contributed by atoms with Gasteiger partial charge < -0.3 is 10.1 Å². The van der Waals surface area contributed by atoms with E-state index in [2.05, 4.69) is 10.3 Å². The molecule has 2 aromatic rings. The molecule has 0 bridgehead atoms. The predicted molar refractivity (Wildman–Crippen MR) is 107 cm³/mol. The van der Waals surface area contributed by atoms with E-state index in [1.54, 1.807) is 30.6 Å². The summed E-state index contributed by atoms with van der Waals surface area (Å²) in [7, 11) is -5.99. The van der Waals surface area contributed by atoms with E-state index < -0.39 is 36.7 Å². The molecular weight excluding hydrogens is 400 g/mol. The van der Waals surface area contributed by atoms with Crippen molar-refractivity contribution in [1.82, 2.24) is 10.3 Å². The zero-order chi connectivity index (χ0) is 20.5. The summed E-state index contributed by atoms with van der Waals surface area (Å²) < 4.78 is 56.6. The molecule has 0 spiro atoms. The van der Waals surface area contributed by atoms with Gasteiger partial charge in [0.15, 0.2) is 19.7 Å². The maximum atomic E-state index is 13.4. The predicted octanol–water partition coefficient (Wildman–Crippen LogP) is 1.44. The van der Waals surface area contributed by atoms with Crippen LogP contribution in [0.25, 0.3) is 0 Å². The fourth-order valence-electron chi connectivity index (χ4n) is 3.37. The first-order valence-electron chi connectivity index (χ1n) is 8.86. The highest BCUT2D eigenvalue weighted by molar-refractivity contribution is 7.96. The van der Waals surface area contributed by atoms with Crippen molar-refractivity contribution in [2.75, 3.05) is 18.6 Å². The fourth-order valence-corrected chi connectivity index (χ4v) is 8.31. The molecule has 1 N–H and O–H groups in total. The van der Waals surface area contributed by atoms with Gasteiger partial charge in [-0.15, -0.1) is 0 Å². The zero-order valence-corrected chi connectivity index (χ0v) is 17.7. The Labute approximate surface area is 166 Å². The number of hydrogen-bond acceptors (Lipinski definition) is 7. The Morgan fingerprint density at radius 2 is 1.93 bits per heavy atom. The molecule has 152 valence electrons. The number of benzene rings is 1. The first-order chi connectivity index (χ1) is 13.1. The second kappa shape index (κ2) is 7.81. The van der Waals surface area contributed by atoms with E-state index in [1.165, 1.54) is 7.11 Å².